The van der Waals surface area contributed by atoms with Gasteiger partial charge >= 0.3 is 12.0 Å². The Morgan fingerprint density at radius 1 is 1.50 bits per heavy atom. The number of aliphatic carboxylic acids is 1. The van der Waals surface area contributed by atoms with Gasteiger partial charge in [-0.05, 0) is 18.1 Å². The third-order valence-electron chi connectivity index (χ3n) is 2.69. The maximum atomic E-state index is 11.6. The van der Waals surface area contributed by atoms with Gasteiger partial charge in [0, 0.05) is 6.20 Å². The van der Waals surface area contributed by atoms with E-state index in [1.54, 1.807) is 25.3 Å². The number of carboxylic acids is 1. The van der Waals surface area contributed by atoms with Crippen LogP contribution in [0.3, 0.4) is 0 Å². The Morgan fingerprint density at radius 3 is 2.72 bits per heavy atom. The van der Waals surface area contributed by atoms with Crippen LogP contribution in [-0.2, 0) is 4.79 Å². The Kier molecular flexibility index (Phi) is 5.10. The minimum atomic E-state index is -1.04. The number of carboxylic acid groups (broad SMARTS) is 1. The van der Waals surface area contributed by atoms with Crippen molar-refractivity contribution in [1.29, 1.82) is 0 Å². The molecule has 0 radical (unpaired) electrons. The predicted molar refractivity (Wildman–Crippen MR) is 67.3 cm³/mol. The van der Waals surface area contributed by atoms with Gasteiger partial charge < -0.3 is 15.7 Å². The minimum Gasteiger partial charge on any atom is -0.480 e. The summed E-state index contributed by atoms with van der Waals surface area (Å²) in [4.78, 5) is 26.5. The number of nitrogens with zero attached hydrogens (tertiary/aromatic N) is 1. The summed E-state index contributed by atoms with van der Waals surface area (Å²) in [5, 5.41) is 14.0. The van der Waals surface area contributed by atoms with Crippen molar-refractivity contribution in [3.05, 3.63) is 24.5 Å². The van der Waals surface area contributed by atoms with Crippen LogP contribution in [0.15, 0.2) is 24.5 Å². The van der Waals surface area contributed by atoms with E-state index in [2.05, 4.69) is 15.6 Å². The fourth-order valence-corrected chi connectivity index (χ4v) is 1.43. The highest BCUT2D eigenvalue weighted by Gasteiger charge is 2.25. The Hall–Kier alpha value is -2.11. The van der Waals surface area contributed by atoms with Crippen molar-refractivity contribution in [1.82, 2.24) is 10.3 Å². The van der Waals surface area contributed by atoms with E-state index in [4.69, 9.17) is 5.11 Å². The van der Waals surface area contributed by atoms with Gasteiger partial charge in [0.1, 0.15) is 6.04 Å². The third-order valence-corrected chi connectivity index (χ3v) is 2.69. The summed E-state index contributed by atoms with van der Waals surface area (Å²) in [6.07, 6.45) is 3.74. The first-order valence-electron chi connectivity index (χ1n) is 5.75. The highest BCUT2D eigenvalue weighted by molar-refractivity contribution is 5.92. The molecular formula is C12H17N3O3. The Balaban J connectivity index is 2.60. The maximum Gasteiger partial charge on any atom is 0.326 e. The molecule has 0 aliphatic heterocycles. The van der Waals surface area contributed by atoms with Crippen LogP contribution >= 0.6 is 0 Å². The molecule has 0 aliphatic rings. The van der Waals surface area contributed by atoms with Crippen molar-refractivity contribution in [2.24, 2.45) is 5.92 Å². The zero-order chi connectivity index (χ0) is 13.5. The monoisotopic (exact) mass is 251 g/mol. The number of urea groups is 1. The summed E-state index contributed by atoms with van der Waals surface area (Å²) in [6.45, 7) is 3.66. The molecular weight excluding hydrogens is 234 g/mol. The Morgan fingerprint density at radius 2 is 2.22 bits per heavy atom. The average molecular weight is 251 g/mol. The lowest BCUT2D eigenvalue weighted by atomic mass is 9.99. The lowest BCUT2D eigenvalue weighted by Crippen LogP contribution is -2.46. The van der Waals surface area contributed by atoms with Gasteiger partial charge in [-0.15, -0.1) is 0 Å². The molecule has 0 saturated carbocycles. The van der Waals surface area contributed by atoms with Gasteiger partial charge in [-0.2, -0.15) is 0 Å². The zero-order valence-electron chi connectivity index (χ0n) is 10.4. The van der Waals surface area contributed by atoms with E-state index in [0.29, 0.717) is 12.1 Å². The van der Waals surface area contributed by atoms with Gasteiger partial charge in [-0.1, -0.05) is 20.3 Å². The van der Waals surface area contributed by atoms with Crippen molar-refractivity contribution in [3.63, 3.8) is 0 Å². The van der Waals surface area contributed by atoms with Crippen LogP contribution in [0.5, 0.6) is 0 Å². The molecule has 98 valence electrons. The molecule has 0 spiro atoms. The van der Waals surface area contributed by atoms with Crippen molar-refractivity contribution in [2.75, 3.05) is 5.32 Å². The van der Waals surface area contributed by atoms with Gasteiger partial charge in [0.25, 0.3) is 0 Å². The number of nitrogens with one attached hydrogen (secondary N) is 2. The van der Waals surface area contributed by atoms with Crippen molar-refractivity contribution in [3.8, 4) is 0 Å². The number of rotatable bonds is 5. The van der Waals surface area contributed by atoms with Gasteiger partial charge in [0.2, 0.25) is 0 Å². The third kappa shape index (κ3) is 4.04. The van der Waals surface area contributed by atoms with Crippen LogP contribution in [0, 0.1) is 5.92 Å². The first-order valence-corrected chi connectivity index (χ1v) is 5.75. The first kappa shape index (κ1) is 14.0. The highest BCUT2D eigenvalue weighted by atomic mass is 16.4. The largest absolute Gasteiger partial charge is 0.480 e. The van der Waals surface area contributed by atoms with Crippen LogP contribution in [0.25, 0.3) is 0 Å². The molecule has 2 unspecified atom stereocenters. The summed E-state index contributed by atoms with van der Waals surface area (Å²) in [5.74, 6) is -1.17. The molecule has 6 heteroatoms. The van der Waals surface area contributed by atoms with Gasteiger partial charge in [-0.3, -0.25) is 4.98 Å². The molecule has 1 aromatic rings. The second kappa shape index (κ2) is 6.58. The average Bonchev–Trinajstić information content (AvgIpc) is 2.36. The normalized spacial score (nSPS) is 13.4. The van der Waals surface area contributed by atoms with E-state index in [9.17, 15) is 9.59 Å². The molecule has 1 heterocycles. The molecule has 0 fully saturated rings. The van der Waals surface area contributed by atoms with Crippen LogP contribution in [0.1, 0.15) is 20.3 Å². The van der Waals surface area contributed by atoms with Crippen LogP contribution in [0.4, 0.5) is 10.5 Å². The van der Waals surface area contributed by atoms with Gasteiger partial charge in [-0.25, -0.2) is 9.59 Å². The molecule has 2 atom stereocenters. The number of carbonyl (C=O) groups is 2. The van der Waals surface area contributed by atoms with E-state index in [1.165, 1.54) is 6.20 Å². The number of amides is 2. The summed E-state index contributed by atoms with van der Waals surface area (Å²) in [5.41, 5.74) is 0.517. The minimum absolute atomic E-state index is 0.137. The van der Waals surface area contributed by atoms with Crippen molar-refractivity contribution >= 4 is 17.7 Å². The lowest BCUT2D eigenvalue weighted by molar-refractivity contribution is -0.140. The molecule has 0 aliphatic carbocycles. The van der Waals surface area contributed by atoms with Crippen LogP contribution in [-0.4, -0.2) is 28.1 Å². The number of carbonyl (C=O) groups excluding carboxylic acids is 1. The SMILES string of the molecule is CCC(C)C(NC(=O)Nc1cccnc1)C(=O)O. The van der Waals surface area contributed by atoms with Crippen LogP contribution < -0.4 is 10.6 Å². The van der Waals surface area contributed by atoms with Crippen LogP contribution in [0.2, 0.25) is 0 Å². The topological polar surface area (TPSA) is 91.3 Å². The number of hydrogen-bond acceptors (Lipinski definition) is 3. The smallest absolute Gasteiger partial charge is 0.326 e. The molecule has 0 bridgehead atoms. The number of pyridine rings is 1. The second-order valence-electron chi connectivity index (χ2n) is 4.04. The van der Waals surface area contributed by atoms with Crippen molar-refractivity contribution < 1.29 is 14.7 Å². The fraction of sp³-hybridized carbons (Fsp3) is 0.417. The number of anilines is 1. The standard InChI is InChI=1S/C12H17N3O3/c1-3-8(2)10(11(16)17)15-12(18)14-9-5-4-6-13-7-9/h4-8,10H,3H2,1-2H3,(H,16,17)(H2,14,15,18). The van der Waals surface area contributed by atoms with Gasteiger partial charge in [0.15, 0.2) is 0 Å². The molecule has 18 heavy (non-hydrogen) atoms. The molecule has 1 aromatic heterocycles. The molecule has 1 rings (SSSR count). The van der Waals surface area contributed by atoms with E-state index in [1.807, 2.05) is 6.92 Å². The first-order chi connectivity index (χ1) is 8.54. The van der Waals surface area contributed by atoms with E-state index < -0.39 is 18.0 Å². The lowest BCUT2D eigenvalue weighted by Gasteiger charge is -2.20. The number of aromatic nitrogens is 1. The van der Waals surface area contributed by atoms with Crippen molar-refractivity contribution in [2.45, 2.75) is 26.3 Å². The molecule has 2 amide bonds. The summed E-state index contributed by atoms with van der Waals surface area (Å²) in [7, 11) is 0. The second-order valence-corrected chi connectivity index (χ2v) is 4.04. The fourth-order valence-electron chi connectivity index (χ4n) is 1.43. The summed E-state index contributed by atoms with van der Waals surface area (Å²) < 4.78 is 0. The van der Waals surface area contributed by atoms with E-state index in [0.717, 1.165) is 0 Å². The highest BCUT2D eigenvalue weighted by Crippen LogP contribution is 2.09. The molecule has 0 saturated heterocycles. The van der Waals surface area contributed by atoms with E-state index >= 15 is 0 Å². The summed E-state index contributed by atoms with van der Waals surface area (Å²) >= 11 is 0. The number of hydrogen-bond donors (Lipinski definition) is 3. The Bertz CT molecular complexity index is 408. The zero-order valence-corrected chi connectivity index (χ0v) is 10.4. The van der Waals surface area contributed by atoms with E-state index in [-0.39, 0.29) is 5.92 Å². The Labute approximate surface area is 105 Å². The maximum absolute atomic E-state index is 11.6. The molecule has 3 N–H and O–H groups in total. The molecule has 6 nitrogen and oxygen atoms in total. The summed E-state index contributed by atoms with van der Waals surface area (Å²) in [6, 6.07) is 1.91. The quantitative estimate of drug-likeness (QED) is 0.742. The van der Waals surface area contributed by atoms with Gasteiger partial charge in [0.05, 0.1) is 11.9 Å². The molecule has 0 aromatic carbocycles. The predicted octanol–water partition coefficient (Wildman–Crippen LogP) is 1.70.